The van der Waals surface area contributed by atoms with Crippen LogP contribution < -0.4 is 10.9 Å². The Hall–Kier alpha value is -1.12. The Balaban J connectivity index is 2.51. The lowest BCUT2D eigenvalue weighted by Gasteiger charge is -2.04. The highest BCUT2D eigenvalue weighted by molar-refractivity contribution is 5.12. The van der Waals surface area contributed by atoms with Gasteiger partial charge in [0, 0.05) is 6.20 Å². The monoisotopic (exact) mass is 111 g/mol. The number of methoxy groups -OCH3 is 1. The zero-order chi connectivity index (χ0) is 5.82. The molecule has 1 rings (SSSR count). The summed E-state index contributed by atoms with van der Waals surface area (Å²) in [6.45, 7) is 0. The van der Waals surface area contributed by atoms with Crippen LogP contribution >= 0.6 is 0 Å². The molecular formula is C5H7N2O. The lowest BCUT2D eigenvalue weighted by molar-refractivity contribution is 0.300. The molecule has 0 aliphatic carbocycles. The van der Waals surface area contributed by atoms with Gasteiger partial charge in [0.25, 0.3) is 0 Å². The molecule has 0 unspecified atom stereocenters. The average molecular weight is 111 g/mol. The second kappa shape index (κ2) is 2.26. The van der Waals surface area contributed by atoms with Gasteiger partial charge in [0.05, 0.1) is 13.3 Å². The van der Waals surface area contributed by atoms with E-state index in [0.29, 0.717) is 0 Å². The van der Waals surface area contributed by atoms with Gasteiger partial charge in [-0.1, -0.05) is 0 Å². The highest BCUT2D eigenvalue weighted by Crippen LogP contribution is 1.96. The minimum Gasteiger partial charge on any atom is -0.495 e. The van der Waals surface area contributed by atoms with E-state index >= 15 is 0 Å². The van der Waals surface area contributed by atoms with Crippen LogP contribution in [0.25, 0.3) is 0 Å². The first-order chi connectivity index (χ1) is 3.93. The van der Waals surface area contributed by atoms with E-state index in [2.05, 4.69) is 10.9 Å². The van der Waals surface area contributed by atoms with Crippen molar-refractivity contribution in [3.05, 3.63) is 24.2 Å². The second-order valence-electron chi connectivity index (χ2n) is 1.33. The quantitative estimate of drug-likeness (QED) is 0.521. The minimum absolute atomic E-state index is 0.767. The van der Waals surface area contributed by atoms with E-state index in [0.717, 1.165) is 5.76 Å². The van der Waals surface area contributed by atoms with Crippen LogP contribution in [-0.4, -0.2) is 7.11 Å². The Kier molecular flexibility index (Phi) is 1.42. The summed E-state index contributed by atoms with van der Waals surface area (Å²) in [5.41, 5.74) is 6.34. The van der Waals surface area contributed by atoms with Gasteiger partial charge in [0.1, 0.15) is 5.76 Å². The summed E-state index contributed by atoms with van der Waals surface area (Å²) in [4.78, 5) is 0. The van der Waals surface area contributed by atoms with Gasteiger partial charge in [0.15, 0.2) is 0 Å². The first-order valence-electron chi connectivity index (χ1n) is 2.29. The zero-order valence-corrected chi connectivity index (χ0v) is 4.59. The summed E-state index contributed by atoms with van der Waals surface area (Å²) >= 11 is 0. The number of nitrogens with one attached hydrogen (secondary N) is 1. The molecule has 0 aromatic heterocycles. The highest BCUT2D eigenvalue weighted by Gasteiger charge is 1.91. The van der Waals surface area contributed by atoms with E-state index < -0.39 is 0 Å². The number of hydrogen-bond donors (Lipinski definition) is 1. The molecule has 0 bridgehead atoms. The second-order valence-corrected chi connectivity index (χ2v) is 1.33. The molecule has 43 valence electrons. The maximum Gasteiger partial charge on any atom is 0.140 e. The number of ether oxygens (including phenoxy) is 1. The maximum absolute atomic E-state index is 4.83. The first kappa shape index (κ1) is 5.03. The zero-order valence-electron chi connectivity index (χ0n) is 4.59. The first-order valence-corrected chi connectivity index (χ1v) is 2.29. The summed E-state index contributed by atoms with van der Waals surface area (Å²) in [6, 6.07) is 0. The predicted octanol–water partition coefficient (Wildman–Crippen LogP) is 0.111. The Bertz CT molecular complexity index is 128. The third kappa shape index (κ3) is 0.932. The van der Waals surface area contributed by atoms with E-state index in [9.17, 15) is 0 Å². The molecule has 0 atom stereocenters. The van der Waals surface area contributed by atoms with Gasteiger partial charge in [-0.05, 0) is 6.08 Å². The van der Waals surface area contributed by atoms with Crippen molar-refractivity contribution < 1.29 is 4.74 Å². The van der Waals surface area contributed by atoms with Crippen molar-refractivity contribution >= 4 is 0 Å². The molecule has 1 N–H and O–H groups in total. The molecule has 1 heterocycles. The van der Waals surface area contributed by atoms with Crippen molar-refractivity contribution in [2.24, 2.45) is 0 Å². The minimum atomic E-state index is 0.767. The SMILES string of the molecule is COC1=C[N]NC=C1. The van der Waals surface area contributed by atoms with Gasteiger partial charge >= 0.3 is 0 Å². The van der Waals surface area contributed by atoms with Crippen LogP contribution in [0, 0.1) is 0 Å². The van der Waals surface area contributed by atoms with Gasteiger partial charge in [0.2, 0.25) is 0 Å². The van der Waals surface area contributed by atoms with E-state index in [-0.39, 0.29) is 0 Å². The molecule has 3 nitrogen and oxygen atoms in total. The fourth-order valence-corrected chi connectivity index (χ4v) is 0.427. The van der Waals surface area contributed by atoms with Crippen LogP contribution in [0.15, 0.2) is 24.2 Å². The molecule has 1 aliphatic heterocycles. The van der Waals surface area contributed by atoms with Gasteiger partial charge in [-0.15, -0.1) is 0 Å². The molecule has 0 fully saturated rings. The van der Waals surface area contributed by atoms with Crippen molar-refractivity contribution in [2.45, 2.75) is 0 Å². The summed E-state index contributed by atoms with van der Waals surface area (Å²) < 4.78 is 4.83. The highest BCUT2D eigenvalue weighted by atomic mass is 16.5. The van der Waals surface area contributed by atoms with E-state index in [1.54, 1.807) is 25.6 Å². The summed E-state index contributed by atoms with van der Waals surface area (Å²) in [5.74, 6) is 0.767. The van der Waals surface area contributed by atoms with Crippen molar-refractivity contribution in [3.8, 4) is 0 Å². The van der Waals surface area contributed by atoms with Crippen LogP contribution in [0.2, 0.25) is 0 Å². The van der Waals surface area contributed by atoms with Crippen LogP contribution in [0.5, 0.6) is 0 Å². The molecule has 0 spiro atoms. The average Bonchev–Trinajstić information content (AvgIpc) is 1.90. The van der Waals surface area contributed by atoms with E-state index in [1.165, 1.54) is 0 Å². The topological polar surface area (TPSA) is 35.4 Å². The molecule has 8 heavy (non-hydrogen) atoms. The molecule has 0 saturated carbocycles. The summed E-state index contributed by atoms with van der Waals surface area (Å²) in [7, 11) is 1.61. The van der Waals surface area contributed by atoms with Gasteiger partial charge in [-0.25, -0.2) is 0 Å². The Morgan fingerprint density at radius 2 is 2.62 bits per heavy atom. The molecule has 3 heteroatoms. The van der Waals surface area contributed by atoms with Gasteiger partial charge < -0.3 is 4.74 Å². The molecule has 0 saturated heterocycles. The van der Waals surface area contributed by atoms with Crippen molar-refractivity contribution in [1.29, 1.82) is 0 Å². The Morgan fingerprint density at radius 3 is 3.00 bits per heavy atom. The molecule has 0 aromatic carbocycles. The molecule has 0 aromatic rings. The van der Waals surface area contributed by atoms with Gasteiger partial charge in [-0.2, -0.15) is 5.43 Å². The Morgan fingerprint density at radius 1 is 1.75 bits per heavy atom. The molecule has 0 amide bonds. The number of allylic oxidation sites excluding steroid dienone is 1. The maximum atomic E-state index is 4.83. The molecule has 1 aliphatic rings. The van der Waals surface area contributed by atoms with E-state index in [1.807, 2.05) is 0 Å². The van der Waals surface area contributed by atoms with Crippen molar-refractivity contribution in [2.75, 3.05) is 7.11 Å². The van der Waals surface area contributed by atoms with Crippen LogP contribution in [0.1, 0.15) is 0 Å². The van der Waals surface area contributed by atoms with Gasteiger partial charge in [-0.3, -0.25) is 5.43 Å². The number of hydrogen-bond acceptors (Lipinski definition) is 2. The Labute approximate surface area is 48.0 Å². The predicted molar refractivity (Wildman–Crippen MR) is 29.5 cm³/mol. The van der Waals surface area contributed by atoms with Crippen LogP contribution in [0.3, 0.4) is 0 Å². The lowest BCUT2D eigenvalue weighted by Crippen LogP contribution is -2.16. The van der Waals surface area contributed by atoms with Crippen LogP contribution in [-0.2, 0) is 4.74 Å². The lowest BCUT2D eigenvalue weighted by atomic mass is 10.5. The van der Waals surface area contributed by atoms with Crippen LogP contribution in [0.4, 0.5) is 0 Å². The van der Waals surface area contributed by atoms with Crippen molar-refractivity contribution in [1.82, 2.24) is 10.9 Å². The normalized spacial score (nSPS) is 15.9. The molecule has 1 radical (unpaired) electrons. The third-order valence-electron chi connectivity index (χ3n) is 0.824. The number of nitrogens with zero attached hydrogens (tertiary/aromatic N) is 1. The fraction of sp³-hybridized carbons (Fsp3) is 0.200. The fourth-order valence-electron chi connectivity index (χ4n) is 0.427. The largest absolute Gasteiger partial charge is 0.495 e. The molecular weight excluding hydrogens is 104 g/mol. The summed E-state index contributed by atoms with van der Waals surface area (Å²) in [5, 5.41) is 0. The third-order valence-corrected chi connectivity index (χ3v) is 0.824. The standard InChI is InChI=1S/C5H7N2O/c1-8-5-2-3-6-7-4-5/h2-4,6H,1H3. The number of rotatable bonds is 1. The van der Waals surface area contributed by atoms with E-state index in [4.69, 9.17) is 4.74 Å². The van der Waals surface area contributed by atoms with Crippen molar-refractivity contribution in [3.63, 3.8) is 0 Å². The summed E-state index contributed by atoms with van der Waals surface area (Å²) in [6.07, 6.45) is 5.12. The smallest absolute Gasteiger partial charge is 0.140 e.